The van der Waals surface area contributed by atoms with Crippen LogP contribution in [0.4, 0.5) is 20.6 Å². The summed E-state index contributed by atoms with van der Waals surface area (Å²) >= 11 is 6.02. The number of nitrogens with one attached hydrogen (secondary N) is 1. The summed E-state index contributed by atoms with van der Waals surface area (Å²) in [4.78, 5) is 23.6. The van der Waals surface area contributed by atoms with E-state index in [2.05, 4.69) is 10.1 Å². The highest BCUT2D eigenvalue weighted by atomic mass is 35.5. The molecular weight excluding hydrogens is 519 g/mol. The Kier molecular flexibility index (Phi) is 6.91. The molecule has 1 heterocycles. The van der Waals surface area contributed by atoms with Crippen LogP contribution in [0.25, 0.3) is 0 Å². The largest absolute Gasteiger partial charge is 0.508 e. The number of nitrogens with zero attached hydrogens (tertiary/aromatic N) is 1. The lowest BCUT2D eigenvalue weighted by molar-refractivity contribution is -0.0497. The monoisotopic (exact) mass is 536 g/mol. The molecule has 0 saturated heterocycles. The fraction of sp³-hybridized carbons (Fsp3) is 0.130. The number of fused-ring (bicyclic) bond motifs is 1. The number of para-hydroxylation sites is 1. The minimum absolute atomic E-state index is 0.0170. The molecule has 0 aliphatic carbocycles. The molecule has 0 saturated carbocycles. The molecule has 1 aliphatic heterocycles. The van der Waals surface area contributed by atoms with Crippen molar-refractivity contribution in [1.82, 2.24) is 0 Å². The molecule has 4 rings (SSSR count). The second kappa shape index (κ2) is 9.91. The third-order valence-electron chi connectivity index (χ3n) is 5.11. The predicted octanol–water partition coefficient (Wildman–Crippen LogP) is 4.35. The van der Waals surface area contributed by atoms with E-state index >= 15 is 0 Å². The molecule has 3 aromatic rings. The van der Waals surface area contributed by atoms with Crippen LogP contribution in [0.15, 0.2) is 65.6 Å². The van der Waals surface area contributed by atoms with E-state index < -0.39 is 40.7 Å². The quantitative estimate of drug-likeness (QED) is 0.444. The standard InChI is InChI=1S/C23H18ClFN2O8S/c1-33-19-9-7-14(24)11-20(19)36(31,32)27-12-21(35-23(29)30)34-18-8-6-13(10-17(18)27)22(28)26-16-5-3-2-4-15(16)25/h2-11,21H,12H2,1H3,(H,26,28)(H,29,30). The van der Waals surface area contributed by atoms with Crippen LogP contribution in [0.3, 0.4) is 0 Å². The minimum Gasteiger partial charge on any atom is -0.495 e. The molecule has 0 fully saturated rings. The molecule has 3 aromatic carbocycles. The smallest absolute Gasteiger partial charge is 0.495 e. The van der Waals surface area contributed by atoms with Gasteiger partial charge in [0.15, 0.2) is 0 Å². The highest BCUT2D eigenvalue weighted by molar-refractivity contribution is 7.93. The molecule has 1 unspecified atom stereocenters. The summed E-state index contributed by atoms with van der Waals surface area (Å²) < 4.78 is 57.6. The van der Waals surface area contributed by atoms with Crippen LogP contribution in [0, 0.1) is 5.82 Å². The van der Waals surface area contributed by atoms with E-state index in [1.807, 2.05) is 0 Å². The van der Waals surface area contributed by atoms with Crippen molar-refractivity contribution in [3.63, 3.8) is 0 Å². The Morgan fingerprint density at radius 1 is 1.17 bits per heavy atom. The number of sulfonamides is 1. The van der Waals surface area contributed by atoms with Crippen molar-refractivity contribution >= 4 is 45.1 Å². The molecule has 188 valence electrons. The number of halogens is 2. The number of hydrogen-bond donors (Lipinski definition) is 2. The van der Waals surface area contributed by atoms with E-state index in [4.69, 9.17) is 26.2 Å². The van der Waals surface area contributed by atoms with Crippen LogP contribution in [-0.4, -0.2) is 45.5 Å². The third-order valence-corrected chi connectivity index (χ3v) is 7.15. The summed E-state index contributed by atoms with van der Waals surface area (Å²) in [5.41, 5.74) is -0.167. The van der Waals surface area contributed by atoms with E-state index in [-0.39, 0.29) is 38.4 Å². The number of carbonyl (C=O) groups is 2. The number of methoxy groups -OCH3 is 1. The highest BCUT2D eigenvalue weighted by Gasteiger charge is 2.38. The average Bonchev–Trinajstić information content (AvgIpc) is 2.84. The molecule has 0 aromatic heterocycles. The van der Waals surface area contributed by atoms with Crippen LogP contribution in [-0.2, 0) is 14.8 Å². The van der Waals surface area contributed by atoms with Crippen molar-refractivity contribution in [2.45, 2.75) is 11.2 Å². The van der Waals surface area contributed by atoms with Gasteiger partial charge in [0.05, 0.1) is 18.5 Å². The fourth-order valence-electron chi connectivity index (χ4n) is 3.50. The molecule has 36 heavy (non-hydrogen) atoms. The maximum absolute atomic E-state index is 14.0. The van der Waals surface area contributed by atoms with Crippen molar-refractivity contribution < 1.29 is 41.7 Å². The zero-order valence-electron chi connectivity index (χ0n) is 18.5. The van der Waals surface area contributed by atoms with E-state index in [0.29, 0.717) is 0 Å². The van der Waals surface area contributed by atoms with Gasteiger partial charge in [0, 0.05) is 10.6 Å². The van der Waals surface area contributed by atoms with E-state index in [0.717, 1.165) is 4.31 Å². The number of rotatable bonds is 6. The first kappa shape index (κ1) is 25.1. The Balaban J connectivity index is 1.78. The van der Waals surface area contributed by atoms with Gasteiger partial charge < -0.3 is 24.6 Å². The zero-order valence-corrected chi connectivity index (χ0v) is 20.0. The topological polar surface area (TPSA) is 131 Å². The maximum atomic E-state index is 14.0. The van der Waals surface area contributed by atoms with Crippen molar-refractivity contribution in [3.05, 3.63) is 77.1 Å². The van der Waals surface area contributed by atoms with E-state index in [1.54, 1.807) is 0 Å². The summed E-state index contributed by atoms with van der Waals surface area (Å²) in [6.07, 6.45) is -3.19. The number of benzene rings is 3. The normalized spacial score (nSPS) is 14.9. The second-order valence-corrected chi connectivity index (χ2v) is 9.65. The predicted molar refractivity (Wildman–Crippen MR) is 127 cm³/mol. The van der Waals surface area contributed by atoms with Gasteiger partial charge in [0.1, 0.15) is 28.8 Å². The molecular formula is C23H18ClFN2O8S. The van der Waals surface area contributed by atoms with Crippen molar-refractivity contribution in [3.8, 4) is 11.5 Å². The first-order valence-electron chi connectivity index (χ1n) is 10.2. The van der Waals surface area contributed by atoms with Gasteiger partial charge in [-0.3, -0.25) is 9.10 Å². The number of carbonyl (C=O) groups excluding carboxylic acids is 1. The van der Waals surface area contributed by atoms with Gasteiger partial charge in [-0.1, -0.05) is 23.7 Å². The molecule has 1 atom stereocenters. The Labute approximate surface area is 209 Å². The number of amides is 1. The number of ether oxygens (including phenoxy) is 3. The first-order chi connectivity index (χ1) is 17.1. The van der Waals surface area contributed by atoms with Crippen molar-refractivity contribution in [2.24, 2.45) is 0 Å². The molecule has 0 bridgehead atoms. The van der Waals surface area contributed by atoms with Crippen LogP contribution in [0.1, 0.15) is 10.4 Å². The van der Waals surface area contributed by atoms with Crippen molar-refractivity contribution in [2.75, 3.05) is 23.3 Å². The lowest BCUT2D eigenvalue weighted by atomic mass is 10.1. The zero-order chi connectivity index (χ0) is 26.0. The SMILES string of the molecule is COc1ccc(Cl)cc1S(=O)(=O)N1CC(OC(=O)O)Oc2ccc(C(=O)Nc3ccccc3F)cc21. The highest BCUT2D eigenvalue weighted by Crippen LogP contribution is 2.40. The Morgan fingerprint density at radius 2 is 1.92 bits per heavy atom. The van der Waals surface area contributed by atoms with Crippen LogP contribution >= 0.6 is 11.6 Å². The average molecular weight is 537 g/mol. The fourth-order valence-corrected chi connectivity index (χ4v) is 5.37. The first-order valence-corrected chi connectivity index (χ1v) is 12.0. The van der Waals surface area contributed by atoms with Gasteiger partial charge in [0.25, 0.3) is 22.2 Å². The summed E-state index contributed by atoms with van der Waals surface area (Å²) in [6.45, 7) is -0.574. The molecule has 10 nitrogen and oxygen atoms in total. The molecule has 1 aliphatic rings. The van der Waals surface area contributed by atoms with E-state index in [1.165, 1.54) is 67.8 Å². The minimum atomic E-state index is -4.44. The van der Waals surface area contributed by atoms with Gasteiger partial charge in [-0.05, 0) is 48.5 Å². The Morgan fingerprint density at radius 3 is 2.61 bits per heavy atom. The lowest BCUT2D eigenvalue weighted by Gasteiger charge is -2.34. The van der Waals surface area contributed by atoms with E-state index in [9.17, 15) is 22.4 Å². The Bertz CT molecular complexity index is 1450. The lowest BCUT2D eigenvalue weighted by Crippen LogP contribution is -2.45. The van der Waals surface area contributed by atoms with Crippen LogP contribution in [0.2, 0.25) is 5.02 Å². The van der Waals surface area contributed by atoms with Gasteiger partial charge in [-0.2, -0.15) is 0 Å². The van der Waals surface area contributed by atoms with Crippen molar-refractivity contribution in [1.29, 1.82) is 0 Å². The molecule has 1 amide bonds. The van der Waals surface area contributed by atoms with Gasteiger partial charge in [0.2, 0.25) is 0 Å². The van der Waals surface area contributed by atoms with Gasteiger partial charge in [-0.15, -0.1) is 0 Å². The second-order valence-electron chi connectivity index (χ2n) is 7.38. The third kappa shape index (κ3) is 4.99. The summed E-state index contributed by atoms with van der Waals surface area (Å²) in [7, 11) is -3.16. The van der Waals surface area contributed by atoms with Crippen LogP contribution in [0.5, 0.6) is 11.5 Å². The molecule has 2 N–H and O–H groups in total. The Hall–Kier alpha value is -4.03. The molecule has 13 heteroatoms. The van der Waals surface area contributed by atoms with Crippen LogP contribution < -0.4 is 19.1 Å². The summed E-state index contributed by atoms with van der Waals surface area (Å²) in [5.74, 6) is -1.46. The van der Waals surface area contributed by atoms with Gasteiger partial charge >= 0.3 is 6.16 Å². The number of hydrogen-bond acceptors (Lipinski definition) is 7. The number of carboxylic acid groups (broad SMARTS) is 1. The summed E-state index contributed by atoms with van der Waals surface area (Å²) in [6, 6.07) is 13.3. The maximum Gasteiger partial charge on any atom is 0.508 e. The number of anilines is 2. The molecule has 0 spiro atoms. The molecule has 0 radical (unpaired) electrons. The van der Waals surface area contributed by atoms with Gasteiger partial charge in [-0.25, -0.2) is 17.6 Å². The summed E-state index contributed by atoms with van der Waals surface area (Å²) in [5, 5.41) is 11.6.